The van der Waals surface area contributed by atoms with Gasteiger partial charge in [0.25, 0.3) is 0 Å². The molecule has 0 unspecified atom stereocenters. The van der Waals surface area contributed by atoms with Crippen LogP contribution in [0.3, 0.4) is 0 Å². The lowest BCUT2D eigenvalue weighted by molar-refractivity contribution is -0.402. The zero-order chi connectivity index (χ0) is 8.27. The van der Waals surface area contributed by atoms with Crippen LogP contribution in [-0.4, -0.2) is 16.3 Å². The highest BCUT2D eigenvalue weighted by atomic mass is 16.6. The van der Waals surface area contributed by atoms with E-state index in [2.05, 4.69) is 9.57 Å². The fourth-order valence-corrected chi connectivity index (χ4v) is 0.567. The van der Waals surface area contributed by atoms with Crippen LogP contribution in [0.2, 0.25) is 0 Å². The summed E-state index contributed by atoms with van der Waals surface area (Å²) in [7, 11) is 0. The summed E-state index contributed by atoms with van der Waals surface area (Å²) in [6.07, 6.45) is 0.965. The molecule has 1 aromatic rings. The maximum absolute atomic E-state index is 10.0. The lowest BCUT2D eigenvalue weighted by atomic mass is 10.5. The minimum absolute atomic E-state index is 0.138. The summed E-state index contributed by atoms with van der Waals surface area (Å²) in [4.78, 5) is 9.35. The average molecular weight is 156 g/mol. The normalized spacial score (nSPS) is 10.5. The van der Waals surface area contributed by atoms with Crippen molar-refractivity contribution in [2.24, 2.45) is 5.16 Å². The fraction of sp³-hybridized carbons (Fsp3) is 0. The van der Waals surface area contributed by atoms with Crippen LogP contribution in [0, 0.1) is 10.1 Å². The first-order chi connectivity index (χ1) is 5.24. The molecule has 0 aliphatic rings. The number of hydrogen-bond donors (Lipinski definition) is 1. The molecule has 0 saturated heterocycles. The van der Waals surface area contributed by atoms with Crippen LogP contribution >= 0.6 is 0 Å². The van der Waals surface area contributed by atoms with Crippen molar-refractivity contribution in [3.63, 3.8) is 0 Å². The van der Waals surface area contributed by atoms with Crippen LogP contribution in [-0.2, 0) is 0 Å². The highest BCUT2D eigenvalue weighted by Gasteiger charge is 2.09. The van der Waals surface area contributed by atoms with Gasteiger partial charge in [-0.25, -0.2) is 0 Å². The Labute approximate surface area is 60.9 Å². The quantitative estimate of drug-likeness (QED) is 0.299. The number of hydrogen-bond acceptors (Lipinski definition) is 5. The van der Waals surface area contributed by atoms with Gasteiger partial charge in [0, 0.05) is 0 Å². The van der Waals surface area contributed by atoms with Gasteiger partial charge < -0.3 is 9.62 Å². The third-order valence-corrected chi connectivity index (χ3v) is 0.978. The van der Waals surface area contributed by atoms with Crippen molar-refractivity contribution >= 4 is 12.1 Å². The highest BCUT2D eigenvalue weighted by Crippen LogP contribution is 2.13. The van der Waals surface area contributed by atoms with Crippen molar-refractivity contribution in [3.05, 3.63) is 28.0 Å². The fourth-order valence-electron chi connectivity index (χ4n) is 0.567. The smallest absolute Gasteiger partial charge is 0.411 e. The van der Waals surface area contributed by atoms with Gasteiger partial charge in [-0.2, -0.15) is 0 Å². The van der Waals surface area contributed by atoms with E-state index in [-0.39, 0.29) is 11.6 Å². The van der Waals surface area contributed by atoms with Gasteiger partial charge in [-0.05, 0) is 6.07 Å². The van der Waals surface area contributed by atoms with E-state index >= 15 is 0 Å². The van der Waals surface area contributed by atoms with E-state index in [0.29, 0.717) is 0 Å². The second-order valence-electron chi connectivity index (χ2n) is 1.68. The number of furan rings is 1. The Bertz CT molecular complexity index is 290. The number of oxime groups is 1. The average Bonchev–Trinajstić information content (AvgIpc) is 2.37. The van der Waals surface area contributed by atoms with Gasteiger partial charge in [0.15, 0.2) is 5.76 Å². The van der Waals surface area contributed by atoms with Crippen molar-refractivity contribution in [1.29, 1.82) is 0 Å². The molecule has 0 aromatic carbocycles. The predicted octanol–water partition coefficient (Wildman–Crippen LogP) is 0.996. The Hall–Kier alpha value is -1.85. The van der Waals surface area contributed by atoms with E-state index in [1.54, 1.807) is 0 Å². The molecule has 0 fully saturated rings. The lowest BCUT2D eigenvalue weighted by Crippen LogP contribution is -1.83. The molecule has 0 aliphatic heterocycles. The van der Waals surface area contributed by atoms with E-state index < -0.39 is 4.92 Å². The minimum Gasteiger partial charge on any atom is -0.411 e. The molecular formula is C5H4N2O4. The molecular weight excluding hydrogens is 152 g/mol. The van der Waals surface area contributed by atoms with Gasteiger partial charge in [-0.3, -0.25) is 10.1 Å². The number of rotatable bonds is 2. The summed E-state index contributed by atoms with van der Waals surface area (Å²) in [5.74, 6) is -0.237. The second kappa shape index (κ2) is 2.82. The Morgan fingerprint density at radius 1 is 1.73 bits per heavy atom. The summed E-state index contributed by atoms with van der Waals surface area (Å²) in [5.41, 5.74) is 0. The molecule has 0 amide bonds. The van der Waals surface area contributed by atoms with E-state index in [4.69, 9.17) is 5.21 Å². The monoisotopic (exact) mass is 156 g/mol. The third-order valence-electron chi connectivity index (χ3n) is 0.978. The van der Waals surface area contributed by atoms with Gasteiger partial charge in [-0.1, -0.05) is 5.16 Å². The van der Waals surface area contributed by atoms with Crippen LogP contribution in [0.5, 0.6) is 0 Å². The minimum atomic E-state index is -0.672. The Morgan fingerprint density at radius 2 is 2.45 bits per heavy atom. The van der Waals surface area contributed by atoms with Crippen molar-refractivity contribution in [1.82, 2.24) is 0 Å². The molecule has 1 N–H and O–H groups in total. The van der Waals surface area contributed by atoms with Gasteiger partial charge in [0.2, 0.25) is 0 Å². The van der Waals surface area contributed by atoms with Crippen molar-refractivity contribution in [2.75, 3.05) is 0 Å². The molecule has 58 valence electrons. The van der Waals surface area contributed by atoms with E-state index in [9.17, 15) is 10.1 Å². The first-order valence-electron chi connectivity index (χ1n) is 2.65. The van der Waals surface area contributed by atoms with E-state index in [1.807, 2.05) is 0 Å². The summed E-state index contributed by atoms with van der Waals surface area (Å²) in [6, 6.07) is 2.51. The van der Waals surface area contributed by atoms with Crippen LogP contribution < -0.4 is 0 Å². The Balaban J connectivity index is 2.90. The largest absolute Gasteiger partial charge is 0.433 e. The molecule has 0 atom stereocenters. The molecule has 0 spiro atoms. The van der Waals surface area contributed by atoms with Gasteiger partial charge >= 0.3 is 5.88 Å². The number of nitro groups is 1. The molecule has 6 nitrogen and oxygen atoms in total. The van der Waals surface area contributed by atoms with Gasteiger partial charge in [0.05, 0.1) is 6.07 Å². The zero-order valence-corrected chi connectivity index (χ0v) is 5.30. The molecule has 6 heteroatoms. The molecule has 0 bridgehead atoms. The second-order valence-corrected chi connectivity index (χ2v) is 1.68. The van der Waals surface area contributed by atoms with Crippen molar-refractivity contribution in [2.45, 2.75) is 0 Å². The predicted molar refractivity (Wildman–Crippen MR) is 34.7 cm³/mol. The van der Waals surface area contributed by atoms with Gasteiger partial charge in [0.1, 0.15) is 11.1 Å². The van der Waals surface area contributed by atoms with Crippen LogP contribution in [0.25, 0.3) is 0 Å². The van der Waals surface area contributed by atoms with E-state index in [1.165, 1.54) is 12.1 Å². The number of nitrogens with zero attached hydrogens (tertiary/aromatic N) is 2. The molecule has 1 heterocycles. The van der Waals surface area contributed by atoms with Gasteiger partial charge in [-0.15, -0.1) is 0 Å². The highest BCUT2D eigenvalue weighted by molar-refractivity contribution is 5.75. The topological polar surface area (TPSA) is 88.9 Å². The molecule has 0 aliphatic carbocycles. The first kappa shape index (κ1) is 7.26. The molecule has 0 saturated carbocycles. The third kappa shape index (κ3) is 1.54. The summed E-state index contributed by atoms with van der Waals surface area (Å²) in [5, 5.41) is 20.7. The molecule has 1 rings (SSSR count). The van der Waals surface area contributed by atoms with Crippen LogP contribution in [0.15, 0.2) is 21.7 Å². The Kier molecular flexibility index (Phi) is 1.86. The lowest BCUT2D eigenvalue weighted by Gasteiger charge is -1.80. The van der Waals surface area contributed by atoms with Crippen LogP contribution in [0.1, 0.15) is 5.76 Å². The standard InChI is InChI=1S/C5H4N2O4/c8-6-3-4-1-2-5(11-4)7(9)10/h1-3,8H/b6-3-. The van der Waals surface area contributed by atoms with Crippen LogP contribution in [0.4, 0.5) is 5.88 Å². The summed E-state index contributed by atoms with van der Waals surface area (Å²) in [6.45, 7) is 0. The molecule has 0 radical (unpaired) electrons. The maximum Gasteiger partial charge on any atom is 0.433 e. The van der Waals surface area contributed by atoms with E-state index in [0.717, 1.165) is 6.21 Å². The van der Waals surface area contributed by atoms with Crippen molar-refractivity contribution in [3.8, 4) is 0 Å². The molecule has 11 heavy (non-hydrogen) atoms. The SMILES string of the molecule is O=[N+]([O-])c1ccc(/C=N\O)o1. The van der Waals surface area contributed by atoms with Crippen molar-refractivity contribution < 1.29 is 14.5 Å². The molecule has 1 aromatic heterocycles. The summed E-state index contributed by atoms with van der Waals surface area (Å²) >= 11 is 0. The maximum atomic E-state index is 10.0. The zero-order valence-electron chi connectivity index (χ0n) is 5.30. The Morgan fingerprint density at radius 3 is 2.91 bits per heavy atom. The first-order valence-corrected chi connectivity index (χ1v) is 2.65. The summed E-state index contributed by atoms with van der Waals surface area (Å²) < 4.78 is 4.58.